The summed E-state index contributed by atoms with van der Waals surface area (Å²) in [6.07, 6.45) is -1.06. The van der Waals surface area contributed by atoms with Gasteiger partial charge in [0.2, 0.25) is 5.75 Å². The Kier molecular flexibility index (Phi) is 5.08. The standard InChI is InChI=1S/C23H18O4S2/c24-15-11-14-16(21(27)19(15)25)18(23(29)13-9-5-2-6-10-13)20(26)17(14)22(28)12-7-3-1-4-8-12/h1-11,17-18,20,24-27H. The van der Waals surface area contributed by atoms with E-state index in [4.69, 9.17) is 24.4 Å². The highest BCUT2D eigenvalue weighted by Crippen LogP contribution is 2.54. The lowest BCUT2D eigenvalue weighted by molar-refractivity contribution is 0.169. The number of rotatable bonds is 4. The smallest absolute Gasteiger partial charge is 0.200 e. The van der Waals surface area contributed by atoms with Crippen LogP contribution >= 0.6 is 24.4 Å². The van der Waals surface area contributed by atoms with E-state index in [0.29, 0.717) is 20.9 Å². The van der Waals surface area contributed by atoms with Crippen LogP contribution in [0.5, 0.6) is 17.2 Å². The predicted molar refractivity (Wildman–Crippen MR) is 119 cm³/mol. The molecule has 3 unspecified atom stereocenters. The second-order valence-electron chi connectivity index (χ2n) is 7.00. The van der Waals surface area contributed by atoms with Crippen molar-refractivity contribution in [2.45, 2.75) is 17.9 Å². The van der Waals surface area contributed by atoms with E-state index in [0.717, 1.165) is 11.1 Å². The maximum atomic E-state index is 11.3. The van der Waals surface area contributed by atoms with Gasteiger partial charge in [0.25, 0.3) is 0 Å². The predicted octanol–water partition coefficient (Wildman–Crippen LogP) is 4.18. The molecule has 0 saturated heterocycles. The van der Waals surface area contributed by atoms with Gasteiger partial charge in [-0.3, -0.25) is 0 Å². The Hall–Kier alpha value is -2.80. The van der Waals surface area contributed by atoms with Crippen molar-refractivity contribution in [2.75, 3.05) is 0 Å². The van der Waals surface area contributed by atoms with Crippen LogP contribution in [0.25, 0.3) is 0 Å². The molecule has 0 heterocycles. The second kappa shape index (κ2) is 7.55. The monoisotopic (exact) mass is 422 g/mol. The third kappa shape index (κ3) is 3.19. The molecule has 4 nitrogen and oxygen atoms in total. The summed E-state index contributed by atoms with van der Waals surface area (Å²) in [4.78, 5) is 0.903. The molecule has 0 aromatic heterocycles. The van der Waals surface area contributed by atoms with Gasteiger partial charge in [-0.05, 0) is 22.8 Å². The van der Waals surface area contributed by atoms with E-state index in [-0.39, 0.29) is 0 Å². The zero-order chi connectivity index (χ0) is 20.7. The van der Waals surface area contributed by atoms with Crippen molar-refractivity contribution < 1.29 is 20.4 Å². The molecule has 3 aromatic rings. The minimum absolute atomic E-state index is 0.296. The summed E-state index contributed by atoms with van der Waals surface area (Å²) in [5, 5.41) is 42.1. The van der Waals surface area contributed by atoms with Gasteiger partial charge >= 0.3 is 0 Å². The summed E-state index contributed by atoms with van der Waals surface area (Å²) >= 11 is 11.3. The van der Waals surface area contributed by atoms with Crippen LogP contribution in [0.4, 0.5) is 0 Å². The number of aromatic hydroxyl groups is 3. The van der Waals surface area contributed by atoms with Crippen LogP contribution in [0.1, 0.15) is 34.1 Å². The zero-order valence-electron chi connectivity index (χ0n) is 15.2. The van der Waals surface area contributed by atoms with Gasteiger partial charge in [0.05, 0.1) is 12.0 Å². The molecular formula is C23H18O4S2. The molecule has 0 saturated carbocycles. The Morgan fingerprint density at radius 1 is 0.690 bits per heavy atom. The van der Waals surface area contributed by atoms with E-state index in [1.165, 1.54) is 6.07 Å². The van der Waals surface area contributed by atoms with Gasteiger partial charge in [0.15, 0.2) is 11.5 Å². The molecule has 0 amide bonds. The maximum absolute atomic E-state index is 11.3. The fourth-order valence-corrected chi connectivity index (χ4v) is 4.75. The lowest BCUT2D eigenvalue weighted by atomic mass is 9.88. The van der Waals surface area contributed by atoms with Gasteiger partial charge in [-0.25, -0.2) is 0 Å². The lowest BCUT2D eigenvalue weighted by Crippen LogP contribution is -2.28. The molecule has 29 heavy (non-hydrogen) atoms. The molecule has 0 radical (unpaired) electrons. The Labute approximate surface area is 178 Å². The first-order chi connectivity index (χ1) is 13.9. The second-order valence-corrected chi connectivity index (χ2v) is 7.88. The highest BCUT2D eigenvalue weighted by atomic mass is 32.1. The van der Waals surface area contributed by atoms with E-state index < -0.39 is 35.2 Å². The molecule has 1 aliphatic carbocycles. The van der Waals surface area contributed by atoms with Crippen LogP contribution in [0.3, 0.4) is 0 Å². The number of phenols is 3. The third-order valence-electron chi connectivity index (χ3n) is 5.34. The van der Waals surface area contributed by atoms with Crippen molar-refractivity contribution in [3.8, 4) is 17.2 Å². The Balaban J connectivity index is 1.89. The molecule has 1 aliphatic rings. The fourth-order valence-electron chi connectivity index (χ4n) is 3.96. The normalized spacial score (nSPS) is 20.2. The molecule has 4 rings (SSSR count). The minimum Gasteiger partial charge on any atom is -0.504 e. The van der Waals surface area contributed by atoms with E-state index in [1.807, 2.05) is 60.7 Å². The average molecular weight is 423 g/mol. The minimum atomic E-state index is -1.06. The van der Waals surface area contributed by atoms with Crippen LogP contribution < -0.4 is 0 Å². The molecule has 6 heteroatoms. The van der Waals surface area contributed by atoms with Crippen LogP contribution in [0, 0.1) is 0 Å². The van der Waals surface area contributed by atoms with Crippen molar-refractivity contribution in [1.82, 2.24) is 0 Å². The number of phenolic OH excluding ortho intramolecular Hbond substituents is 3. The molecule has 4 N–H and O–H groups in total. The molecule has 0 spiro atoms. The lowest BCUT2D eigenvalue weighted by Gasteiger charge is -2.22. The largest absolute Gasteiger partial charge is 0.504 e. The molecule has 0 bridgehead atoms. The Morgan fingerprint density at radius 2 is 1.17 bits per heavy atom. The van der Waals surface area contributed by atoms with Gasteiger partial charge in [-0.2, -0.15) is 0 Å². The molecule has 3 aromatic carbocycles. The summed E-state index contributed by atoms with van der Waals surface area (Å²) in [6.45, 7) is 0. The van der Waals surface area contributed by atoms with Crippen molar-refractivity contribution in [3.63, 3.8) is 0 Å². The molecule has 0 aliphatic heterocycles. The average Bonchev–Trinajstić information content (AvgIpc) is 3.04. The summed E-state index contributed by atoms with van der Waals surface area (Å²) < 4.78 is 0. The van der Waals surface area contributed by atoms with E-state index >= 15 is 0 Å². The third-order valence-corrected chi connectivity index (χ3v) is 6.32. The zero-order valence-corrected chi connectivity index (χ0v) is 16.8. The van der Waals surface area contributed by atoms with Crippen LogP contribution in [0.15, 0.2) is 66.7 Å². The van der Waals surface area contributed by atoms with Gasteiger partial charge in [-0.1, -0.05) is 85.1 Å². The number of benzene rings is 3. The van der Waals surface area contributed by atoms with Gasteiger partial charge in [-0.15, -0.1) is 0 Å². The number of thiocarbonyl (C=S) groups is 2. The topological polar surface area (TPSA) is 80.9 Å². The number of aliphatic hydroxyl groups excluding tert-OH is 1. The summed E-state index contributed by atoms with van der Waals surface area (Å²) in [5.74, 6) is -3.03. The fraction of sp³-hybridized carbons (Fsp3) is 0.130. The summed E-state index contributed by atoms with van der Waals surface area (Å²) in [7, 11) is 0. The quantitative estimate of drug-likeness (QED) is 0.287. The summed E-state index contributed by atoms with van der Waals surface area (Å²) in [5.41, 5.74) is 2.25. The Morgan fingerprint density at radius 3 is 1.69 bits per heavy atom. The highest BCUT2D eigenvalue weighted by molar-refractivity contribution is 7.81. The number of hydrogen-bond donors (Lipinski definition) is 4. The van der Waals surface area contributed by atoms with Crippen LogP contribution in [-0.2, 0) is 0 Å². The molecular weight excluding hydrogens is 404 g/mol. The molecule has 146 valence electrons. The maximum Gasteiger partial charge on any atom is 0.200 e. The summed E-state index contributed by atoms with van der Waals surface area (Å²) in [6, 6.07) is 19.8. The molecule has 0 fully saturated rings. The molecule has 3 atom stereocenters. The first kappa shape index (κ1) is 19.5. The van der Waals surface area contributed by atoms with E-state index in [2.05, 4.69) is 0 Å². The van der Waals surface area contributed by atoms with Crippen molar-refractivity contribution in [2.24, 2.45) is 0 Å². The van der Waals surface area contributed by atoms with Gasteiger partial charge < -0.3 is 20.4 Å². The highest BCUT2D eigenvalue weighted by Gasteiger charge is 2.47. The van der Waals surface area contributed by atoms with Crippen LogP contribution in [-0.4, -0.2) is 36.3 Å². The first-order valence-corrected chi connectivity index (χ1v) is 9.87. The van der Waals surface area contributed by atoms with E-state index in [1.54, 1.807) is 0 Å². The van der Waals surface area contributed by atoms with E-state index in [9.17, 15) is 20.4 Å². The van der Waals surface area contributed by atoms with Gasteiger partial charge in [0, 0.05) is 21.2 Å². The number of aliphatic hydroxyl groups is 1. The van der Waals surface area contributed by atoms with Crippen molar-refractivity contribution >= 4 is 34.2 Å². The van der Waals surface area contributed by atoms with Crippen molar-refractivity contribution in [1.29, 1.82) is 0 Å². The SMILES string of the molecule is Oc1cc2c(c(O)c1O)C(C(=S)c1ccccc1)C(O)C2C(=S)c1ccccc1. The Bertz CT molecular complexity index is 1100. The van der Waals surface area contributed by atoms with Crippen molar-refractivity contribution in [3.05, 3.63) is 89.0 Å². The number of hydrogen-bond acceptors (Lipinski definition) is 6. The van der Waals surface area contributed by atoms with Gasteiger partial charge in [0.1, 0.15) is 0 Å². The number of fused-ring (bicyclic) bond motifs is 1. The van der Waals surface area contributed by atoms with Crippen LogP contribution in [0.2, 0.25) is 0 Å². The first-order valence-electron chi connectivity index (χ1n) is 9.06.